The Balaban J connectivity index is 2.00. The number of nitrogens with zero attached hydrogens (tertiary/aromatic N) is 2. The molecule has 0 saturated heterocycles. The van der Waals surface area contributed by atoms with Gasteiger partial charge in [0.1, 0.15) is 5.56 Å². The van der Waals surface area contributed by atoms with Crippen LogP contribution in [0.3, 0.4) is 0 Å². The van der Waals surface area contributed by atoms with Crippen LogP contribution in [0.15, 0.2) is 57.0 Å². The highest BCUT2D eigenvalue weighted by molar-refractivity contribution is 5.89. The van der Waals surface area contributed by atoms with Gasteiger partial charge in [-0.15, -0.1) is 0 Å². The molecule has 3 N–H and O–H groups in total. The number of aromatic hydroxyl groups is 1. The average molecular weight is 392 g/mol. The van der Waals surface area contributed by atoms with Crippen LogP contribution in [0, 0.1) is 13.8 Å². The van der Waals surface area contributed by atoms with Crippen LogP contribution in [0.1, 0.15) is 23.6 Å². The lowest BCUT2D eigenvalue weighted by molar-refractivity contribution is -0.114. The number of aryl methyl sites for hydroxylation is 2. The van der Waals surface area contributed by atoms with Crippen molar-refractivity contribution in [2.24, 2.45) is 4.99 Å². The Bertz CT molecular complexity index is 1220. The molecule has 0 aliphatic carbocycles. The van der Waals surface area contributed by atoms with Crippen molar-refractivity contribution in [2.45, 2.75) is 20.8 Å². The number of H-pyrrole nitrogens is 1. The molecule has 8 heteroatoms. The Morgan fingerprint density at radius 3 is 2.41 bits per heavy atom. The molecule has 3 rings (SSSR count). The standard InChI is InChI=1S/C21H20N4O4/c1-12-4-9-17(10-13(12)2)25-20(28)18(19(27)24-21(25)29)11-22-15-5-7-16(8-6-15)23-14(3)26/h4-11,28H,1-3H3,(H,23,26)(H,24,27,29). The highest BCUT2D eigenvalue weighted by atomic mass is 16.3. The van der Waals surface area contributed by atoms with Gasteiger partial charge in [0.25, 0.3) is 5.56 Å². The Morgan fingerprint density at radius 1 is 1.10 bits per heavy atom. The summed E-state index contributed by atoms with van der Waals surface area (Å²) < 4.78 is 1.02. The van der Waals surface area contributed by atoms with E-state index in [-0.39, 0.29) is 11.5 Å². The molecule has 0 saturated carbocycles. The first-order valence-electron chi connectivity index (χ1n) is 8.84. The van der Waals surface area contributed by atoms with Gasteiger partial charge in [-0.3, -0.25) is 19.6 Å². The van der Waals surface area contributed by atoms with Crippen molar-refractivity contribution in [1.82, 2.24) is 9.55 Å². The number of rotatable bonds is 4. The zero-order chi connectivity index (χ0) is 21.1. The summed E-state index contributed by atoms with van der Waals surface area (Å²) in [7, 11) is 0. The van der Waals surface area contributed by atoms with Crippen molar-refractivity contribution in [3.05, 3.63) is 80.0 Å². The van der Waals surface area contributed by atoms with Crippen LogP contribution in [0.2, 0.25) is 0 Å². The number of amides is 1. The van der Waals surface area contributed by atoms with Gasteiger partial charge in [-0.1, -0.05) is 6.07 Å². The van der Waals surface area contributed by atoms with Gasteiger partial charge in [-0.05, 0) is 61.4 Å². The highest BCUT2D eigenvalue weighted by Gasteiger charge is 2.14. The van der Waals surface area contributed by atoms with E-state index in [2.05, 4.69) is 15.3 Å². The number of benzene rings is 2. The summed E-state index contributed by atoms with van der Waals surface area (Å²) in [5.74, 6) is -0.688. The van der Waals surface area contributed by atoms with Crippen LogP contribution in [0.25, 0.3) is 5.69 Å². The fourth-order valence-corrected chi connectivity index (χ4v) is 2.73. The third-order valence-corrected chi connectivity index (χ3v) is 4.40. The summed E-state index contributed by atoms with van der Waals surface area (Å²) in [6.07, 6.45) is 1.19. The van der Waals surface area contributed by atoms with Gasteiger partial charge in [0.05, 0.1) is 11.4 Å². The van der Waals surface area contributed by atoms with Crippen molar-refractivity contribution < 1.29 is 9.90 Å². The molecule has 3 aromatic rings. The lowest BCUT2D eigenvalue weighted by Gasteiger charge is -2.11. The number of aliphatic imine (C=N–C) groups is 1. The van der Waals surface area contributed by atoms with Crippen LogP contribution in [-0.4, -0.2) is 26.8 Å². The quantitative estimate of drug-likeness (QED) is 0.592. The van der Waals surface area contributed by atoms with E-state index >= 15 is 0 Å². The van der Waals surface area contributed by atoms with Gasteiger partial charge in [0, 0.05) is 18.8 Å². The average Bonchev–Trinajstić information content (AvgIpc) is 2.65. The Labute approximate surface area is 166 Å². The lowest BCUT2D eigenvalue weighted by atomic mass is 10.1. The summed E-state index contributed by atoms with van der Waals surface area (Å²) in [5.41, 5.74) is 1.89. The molecule has 1 aromatic heterocycles. The minimum atomic E-state index is -0.744. The van der Waals surface area contributed by atoms with Crippen molar-refractivity contribution in [3.8, 4) is 11.6 Å². The van der Waals surface area contributed by atoms with E-state index in [0.29, 0.717) is 17.1 Å². The molecule has 8 nitrogen and oxygen atoms in total. The van der Waals surface area contributed by atoms with E-state index in [1.165, 1.54) is 13.1 Å². The van der Waals surface area contributed by atoms with Crippen LogP contribution in [0.5, 0.6) is 5.88 Å². The molecule has 0 fully saturated rings. The maximum Gasteiger partial charge on any atom is 0.335 e. The van der Waals surface area contributed by atoms with E-state index < -0.39 is 17.1 Å². The second-order valence-corrected chi connectivity index (χ2v) is 6.59. The monoisotopic (exact) mass is 392 g/mol. The summed E-state index contributed by atoms with van der Waals surface area (Å²) in [4.78, 5) is 41.9. The number of carbonyl (C=O) groups excluding carboxylic acids is 1. The maximum atomic E-state index is 12.3. The minimum Gasteiger partial charge on any atom is -0.493 e. The topological polar surface area (TPSA) is 117 Å². The predicted molar refractivity (Wildman–Crippen MR) is 112 cm³/mol. The molecular formula is C21H20N4O4. The second-order valence-electron chi connectivity index (χ2n) is 6.59. The molecule has 148 valence electrons. The van der Waals surface area contributed by atoms with Crippen molar-refractivity contribution in [2.75, 3.05) is 5.32 Å². The number of nitrogens with one attached hydrogen (secondary N) is 2. The summed E-state index contributed by atoms with van der Waals surface area (Å²) in [6.45, 7) is 5.23. The second kappa shape index (κ2) is 7.97. The van der Waals surface area contributed by atoms with E-state index in [4.69, 9.17) is 0 Å². The van der Waals surface area contributed by atoms with E-state index in [1.807, 2.05) is 19.9 Å². The van der Waals surface area contributed by atoms with Gasteiger partial charge in [-0.2, -0.15) is 0 Å². The van der Waals surface area contributed by atoms with Gasteiger partial charge in [0.15, 0.2) is 0 Å². The van der Waals surface area contributed by atoms with Crippen molar-refractivity contribution in [1.29, 1.82) is 0 Å². The SMILES string of the molecule is CC(=O)Nc1ccc(N=Cc2c(O)n(-c3ccc(C)c(C)c3)c(=O)[nH]c2=O)cc1. The van der Waals surface area contributed by atoms with Gasteiger partial charge < -0.3 is 10.4 Å². The number of carbonyl (C=O) groups is 1. The van der Waals surface area contributed by atoms with Crippen molar-refractivity contribution in [3.63, 3.8) is 0 Å². The Morgan fingerprint density at radius 2 is 1.79 bits per heavy atom. The number of hydrogen-bond donors (Lipinski definition) is 3. The molecule has 1 amide bonds. The molecule has 0 radical (unpaired) electrons. The molecular weight excluding hydrogens is 372 g/mol. The van der Waals surface area contributed by atoms with Crippen LogP contribution in [-0.2, 0) is 4.79 Å². The summed E-state index contributed by atoms with van der Waals surface area (Å²) in [6, 6.07) is 11.9. The first-order valence-corrected chi connectivity index (χ1v) is 8.84. The molecule has 0 unspecified atom stereocenters. The van der Waals surface area contributed by atoms with Gasteiger partial charge in [0.2, 0.25) is 11.8 Å². The molecule has 0 aliphatic rings. The lowest BCUT2D eigenvalue weighted by Crippen LogP contribution is -2.31. The van der Waals surface area contributed by atoms with Gasteiger partial charge >= 0.3 is 5.69 Å². The normalized spacial score (nSPS) is 11.0. The fourth-order valence-electron chi connectivity index (χ4n) is 2.73. The fraction of sp³-hybridized carbons (Fsp3) is 0.143. The number of aromatic nitrogens is 2. The third kappa shape index (κ3) is 4.32. The zero-order valence-corrected chi connectivity index (χ0v) is 16.2. The van der Waals surface area contributed by atoms with Crippen LogP contribution in [0.4, 0.5) is 11.4 Å². The Hall–Kier alpha value is -3.94. The number of hydrogen-bond acceptors (Lipinski definition) is 5. The molecule has 0 spiro atoms. The largest absolute Gasteiger partial charge is 0.493 e. The predicted octanol–water partition coefficient (Wildman–Crippen LogP) is 2.56. The van der Waals surface area contributed by atoms with Crippen LogP contribution >= 0.6 is 0 Å². The number of aromatic amines is 1. The smallest absolute Gasteiger partial charge is 0.335 e. The summed E-state index contributed by atoms with van der Waals surface area (Å²) in [5, 5.41) is 13.2. The Kier molecular flexibility index (Phi) is 5.45. The van der Waals surface area contributed by atoms with E-state index in [1.54, 1.807) is 36.4 Å². The molecule has 29 heavy (non-hydrogen) atoms. The highest BCUT2D eigenvalue weighted by Crippen LogP contribution is 2.20. The molecule has 1 heterocycles. The van der Waals surface area contributed by atoms with Gasteiger partial charge in [-0.25, -0.2) is 9.36 Å². The number of anilines is 1. The molecule has 2 aromatic carbocycles. The van der Waals surface area contributed by atoms with E-state index in [9.17, 15) is 19.5 Å². The maximum absolute atomic E-state index is 12.3. The minimum absolute atomic E-state index is 0.145. The first-order chi connectivity index (χ1) is 13.8. The third-order valence-electron chi connectivity index (χ3n) is 4.40. The molecule has 0 atom stereocenters. The zero-order valence-electron chi connectivity index (χ0n) is 16.2. The molecule has 0 aliphatic heterocycles. The van der Waals surface area contributed by atoms with Crippen LogP contribution < -0.4 is 16.6 Å². The van der Waals surface area contributed by atoms with Crippen molar-refractivity contribution >= 4 is 23.5 Å². The first kappa shape index (κ1) is 19.8. The summed E-state index contributed by atoms with van der Waals surface area (Å²) >= 11 is 0. The molecule has 0 bridgehead atoms. The van der Waals surface area contributed by atoms with E-state index in [0.717, 1.165) is 15.7 Å².